The molecule has 51 heavy (non-hydrogen) atoms. The molecule has 4 heterocycles. The normalized spacial score (nSPS) is 10.2. The lowest BCUT2D eigenvalue weighted by atomic mass is 10.2. The summed E-state index contributed by atoms with van der Waals surface area (Å²) < 4.78 is 3.79. The third-order valence-corrected chi connectivity index (χ3v) is 7.48. The average molecular weight is 673 g/mol. The number of aromatic nitrogens is 7. The van der Waals surface area contributed by atoms with E-state index in [2.05, 4.69) is 76.7 Å². The quantitative estimate of drug-likeness (QED) is 0.173. The molecule has 12 nitrogen and oxygen atoms in total. The van der Waals surface area contributed by atoms with Crippen molar-refractivity contribution in [1.82, 2.24) is 34.1 Å². The minimum absolute atomic E-state index is 0.329. The number of benzene rings is 3. The van der Waals surface area contributed by atoms with E-state index in [1.807, 2.05) is 82.8 Å². The van der Waals surface area contributed by atoms with Crippen LogP contribution >= 0.6 is 0 Å². The molecular formula is C39H32N10O2. The van der Waals surface area contributed by atoms with E-state index < -0.39 is 0 Å². The van der Waals surface area contributed by atoms with Crippen molar-refractivity contribution in [3.05, 3.63) is 121 Å². The number of fused-ring (bicyclic) bond motifs is 2. The number of nitrogens with zero attached hydrogens (tertiary/aromatic N) is 7. The van der Waals surface area contributed by atoms with Crippen LogP contribution in [0.15, 0.2) is 110 Å². The molecule has 4 aromatic heterocycles. The molecule has 0 bridgehead atoms. The third-order valence-electron chi connectivity index (χ3n) is 7.48. The van der Waals surface area contributed by atoms with Gasteiger partial charge in [-0.05, 0) is 86.7 Å². The number of anilines is 3. The van der Waals surface area contributed by atoms with E-state index in [0.717, 1.165) is 39.0 Å². The summed E-state index contributed by atoms with van der Waals surface area (Å²) in [5.74, 6) is 10.8. The van der Waals surface area contributed by atoms with Crippen molar-refractivity contribution in [2.75, 3.05) is 16.0 Å². The zero-order valence-corrected chi connectivity index (χ0v) is 28.0. The van der Waals surface area contributed by atoms with Crippen LogP contribution in [-0.2, 0) is 16.1 Å². The van der Waals surface area contributed by atoms with E-state index in [1.54, 1.807) is 38.8 Å². The number of carbonyl (C=O) groups is 2. The number of hydrogen-bond donors (Lipinski definition) is 3. The van der Waals surface area contributed by atoms with E-state index in [0.29, 0.717) is 29.6 Å². The summed E-state index contributed by atoms with van der Waals surface area (Å²) in [6.45, 7) is 5.85. The molecule has 2 amide bonds. The van der Waals surface area contributed by atoms with Crippen LogP contribution in [0.3, 0.4) is 0 Å². The van der Waals surface area contributed by atoms with Crippen molar-refractivity contribution >= 4 is 51.1 Å². The highest BCUT2D eigenvalue weighted by Gasteiger charge is 2.10. The van der Waals surface area contributed by atoms with Crippen LogP contribution in [0, 0.1) is 30.6 Å². The zero-order valence-electron chi connectivity index (χ0n) is 28.0. The molecule has 3 N–H and O–H groups in total. The molecule has 0 radical (unpaired) electrons. The number of nitrogens with one attached hydrogen (secondary N) is 3. The summed E-state index contributed by atoms with van der Waals surface area (Å²) in [5, 5.41) is 8.80. The van der Waals surface area contributed by atoms with Gasteiger partial charge in [-0.2, -0.15) is 0 Å². The van der Waals surface area contributed by atoms with Gasteiger partial charge in [0.1, 0.15) is 30.6 Å². The van der Waals surface area contributed by atoms with Gasteiger partial charge in [0.05, 0.1) is 34.0 Å². The molecule has 250 valence electrons. The van der Waals surface area contributed by atoms with Gasteiger partial charge in [-0.25, -0.2) is 19.9 Å². The third kappa shape index (κ3) is 8.41. The van der Waals surface area contributed by atoms with Crippen LogP contribution in [0.25, 0.3) is 33.6 Å². The van der Waals surface area contributed by atoms with E-state index in [1.165, 1.54) is 6.33 Å². The maximum Gasteiger partial charge on any atom is 0.300 e. The van der Waals surface area contributed by atoms with E-state index in [9.17, 15) is 9.59 Å². The first-order chi connectivity index (χ1) is 24.9. The Morgan fingerprint density at radius 2 is 1.31 bits per heavy atom. The topological polar surface area (TPSA) is 145 Å². The monoisotopic (exact) mass is 672 g/mol. The van der Waals surface area contributed by atoms with Crippen molar-refractivity contribution in [1.29, 1.82) is 0 Å². The molecule has 0 atom stereocenters. The smallest absolute Gasteiger partial charge is 0.300 e. The van der Waals surface area contributed by atoms with Crippen LogP contribution in [-0.4, -0.2) is 45.9 Å². The summed E-state index contributed by atoms with van der Waals surface area (Å²) in [5.41, 5.74) is 7.72. The Kier molecular flexibility index (Phi) is 10.4. The first kappa shape index (κ1) is 33.6. The van der Waals surface area contributed by atoms with Gasteiger partial charge in [-0.15, -0.1) is 0 Å². The Hall–Kier alpha value is -7.31. The van der Waals surface area contributed by atoms with Crippen LogP contribution in [0.5, 0.6) is 0 Å². The Morgan fingerprint density at radius 3 is 1.92 bits per heavy atom. The molecule has 0 fully saturated rings. The second-order valence-corrected chi connectivity index (χ2v) is 11.1. The summed E-state index contributed by atoms with van der Waals surface area (Å²) >= 11 is 0. The number of hydrogen-bond acceptors (Lipinski definition) is 8. The van der Waals surface area contributed by atoms with E-state index in [4.69, 9.17) is 0 Å². The Balaban J connectivity index is 0.000000183. The number of pyridine rings is 1. The van der Waals surface area contributed by atoms with Crippen LogP contribution in [0.1, 0.15) is 25.1 Å². The van der Waals surface area contributed by atoms with Gasteiger partial charge in [0.15, 0.2) is 0 Å². The molecule has 3 aromatic carbocycles. The summed E-state index contributed by atoms with van der Waals surface area (Å²) in [6.07, 6.45) is 6.75. The zero-order chi connectivity index (χ0) is 35.6. The van der Waals surface area contributed by atoms with Gasteiger partial charge in [0, 0.05) is 29.7 Å². The van der Waals surface area contributed by atoms with Crippen molar-refractivity contribution in [2.24, 2.45) is 0 Å². The highest BCUT2D eigenvalue weighted by molar-refractivity contribution is 6.05. The van der Waals surface area contributed by atoms with Crippen molar-refractivity contribution < 1.29 is 9.59 Å². The molecule has 7 rings (SSSR count). The van der Waals surface area contributed by atoms with Gasteiger partial charge in [-0.1, -0.05) is 42.2 Å². The molecule has 0 saturated heterocycles. The average Bonchev–Trinajstić information content (AvgIpc) is 3.76. The van der Waals surface area contributed by atoms with E-state index >= 15 is 0 Å². The lowest BCUT2D eigenvalue weighted by Gasteiger charge is -2.09. The molecule has 0 aliphatic rings. The summed E-state index contributed by atoms with van der Waals surface area (Å²) in [4.78, 5) is 45.0. The lowest BCUT2D eigenvalue weighted by Crippen LogP contribution is -2.08. The molecule has 0 spiro atoms. The fourth-order valence-electron chi connectivity index (χ4n) is 5.08. The minimum atomic E-state index is -0.354. The second-order valence-electron chi connectivity index (χ2n) is 11.1. The van der Waals surface area contributed by atoms with Gasteiger partial charge < -0.3 is 16.0 Å². The van der Waals surface area contributed by atoms with Crippen LogP contribution < -0.4 is 16.0 Å². The number of rotatable bonds is 7. The molecule has 0 unspecified atom stereocenters. The van der Waals surface area contributed by atoms with Gasteiger partial charge >= 0.3 is 0 Å². The molecule has 12 heteroatoms. The summed E-state index contributed by atoms with van der Waals surface area (Å²) in [7, 11) is 0. The van der Waals surface area contributed by atoms with Crippen molar-refractivity contribution in [3.8, 4) is 35.2 Å². The number of amides is 2. The fraction of sp³-hybridized carbons (Fsp3) is 0.103. The molecule has 7 aromatic rings. The molecule has 0 saturated carbocycles. The highest BCUT2D eigenvalue weighted by atomic mass is 16.2. The van der Waals surface area contributed by atoms with Gasteiger partial charge in [0.2, 0.25) is 0 Å². The minimum Gasteiger partial charge on any atom is -0.366 e. The standard InChI is InChI=1S/C22H18N6O.C17H14N4O/c1-2-6-22(29)27-17-9-10-18-19(11-17)28(15-26-18)21-12-20(24-14-25-21)23-13-16-7-4-3-5-8-16;1-3-4-17(22)20-13-6-8-15-16(9-13)21(11-19-15)14-7-5-12(2)18-10-14/h3-5,7-12,14-15H,13H2,1H3,(H,27,29)(H,23,24,25);5-11H,1-2H3,(H,20,22). The largest absolute Gasteiger partial charge is 0.366 e. The van der Waals surface area contributed by atoms with Crippen LogP contribution in [0.2, 0.25) is 0 Å². The number of carbonyl (C=O) groups excluding carboxylic acids is 2. The molecule has 0 aliphatic carbocycles. The Labute approximate surface area is 294 Å². The van der Waals surface area contributed by atoms with Crippen LogP contribution in [0.4, 0.5) is 17.2 Å². The SMILES string of the molecule is CC#CC(=O)Nc1ccc2ncn(-c3cc(NCc4ccccc4)ncn3)c2c1.CC#CC(=O)Nc1ccc2ncn(-c3ccc(C)nc3)c2c1. The number of imidazole rings is 2. The lowest BCUT2D eigenvalue weighted by molar-refractivity contribution is -0.112. The van der Waals surface area contributed by atoms with Crippen molar-refractivity contribution in [2.45, 2.75) is 27.3 Å². The molecular weight excluding hydrogens is 640 g/mol. The Bertz CT molecular complexity index is 2460. The highest BCUT2D eigenvalue weighted by Crippen LogP contribution is 2.23. The fourth-order valence-corrected chi connectivity index (χ4v) is 5.08. The van der Waals surface area contributed by atoms with Gasteiger partial charge in [-0.3, -0.25) is 23.7 Å². The first-order valence-corrected chi connectivity index (χ1v) is 15.8. The first-order valence-electron chi connectivity index (χ1n) is 15.8. The predicted molar refractivity (Wildman–Crippen MR) is 198 cm³/mol. The summed E-state index contributed by atoms with van der Waals surface area (Å²) in [6, 6.07) is 26.9. The second kappa shape index (κ2) is 15.7. The number of aryl methyl sites for hydroxylation is 1. The predicted octanol–water partition coefficient (Wildman–Crippen LogP) is 6.08. The maximum atomic E-state index is 11.7. The van der Waals surface area contributed by atoms with Crippen molar-refractivity contribution in [3.63, 3.8) is 0 Å². The van der Waals surface area contributed by atoms with E-state index in [-0.39, 0.29) is 11.8 Å². The maximum absolute atomic E-state index is 11.7. The Morgan fingerprint density at radius 1 is 0.686 bits per heavy atom. The molecule has 0 aliphatic heterocycles. The van der Waals surface area contributed by atoms with Gasteiger partial charge in [0.25, 0.3) is 11.8 Å².